The van der Waals surface area contributed by atoms with Crippen LogP contribution >= 0.6 is 23.8 Å². The molecule has 31 heavy (non-hydrogen) atoms. The van der Waals surface area contributed by atoms with Gasteiger partial charge in [0.2, 0.25) is 5.95 Å². The predicted octanol–water partition coefficient (Wildman–Crippen LogP) is 5.42. The predicted molar refractivity (Wildman–Crippen MR) is 124 cm³/mol. The van der Waals surface area contributed by atoms with Gasteiger partial charge in [0.1, 0.15) is 17.9 Å². The van der Waals surface area contributed by atoms with Crippen molar-refractivity contribution in [2.75, 3.05) is 7.11 Å². The van der Waals surface area contributed by atoms with E-state index >= 15 is 0 Å². The molecule has 0 aliphatic heterocycles. The third-order valence-electron chi connectivity index (χ3n) is 5.18. The Bertz CT molecular complexity index is 991. The van der Waals surface area contributed by atoms with Gasteiger partial charge < -0.3 is 15.2 Å². The number of rotatable bonds is 4. The van der Waals surface area contributed by atoms with Crippen LogP contribution in [0.15, 0.2) is 30.3 Å². The summed E-state index contributed by atoms with van der Waals surface area (Å²) in [4.78, 5) is 3.60. The molecule has 1 saturated carbocycles. The van der Waals surface area contributed by atoms with E-state index in [0.717, 1.165) is 12.2 Å². The standard InChI is InChI=1S/C15H18ClNO.C8H9FN2OS/c1-14(2)9-15(3,4)13(14)18-11-6-5-10(8-17)12(16)7-11;1-12-8(13)5-2-3-7(9)11-6(5)4-10/h5-7,13H,9H2,1-4H3;2-3H,4,10H2,1H3. The molecule has 0 bridgehead atoms. The Kier molecular flexibility index (Phi) is 7.98. The van der Waals surface area contributed by atoms with E-state index in [-0.39, 0.29) is 28.5 Å². The molecule has 1 aliphatic carbocycles. The summed E-state index contributed by atoms with van der Waals surface area (Å²) in [6.45, 7) is 9.00. The summed E-state index contributed by atoms with van der Waals surface area (Å²) in [5.41, 5.74) is 7.20. The van der Waals surface area contributed by atoms with E-state index in [2.05, 4.69) is 32.7 Å². The first-order valence-corrected chi connectivity index (χ1v) is 10.5. The number of nitrogens with zero attached hydrogens (tertiary/aromatic N) is 2. The number of ether oxygens (including phenoxy) is 2. The third-order valence-corrected chi connectivity index (χ3v) is 5.88. The Labute approximate surface area is 193 Å². The molecule has 0 unspecified atom stereocenters. The van der Waals surface area contributed by atoms with Gasteiger partial charge in [-0.3, -0.25) is 0 Å². The van der Waals surface area contributed by atoms with Crippen molar-refractivity contribution in [3.63, 3.8) is 0 Å². The zero-order valence-corrected chi connectivity index (χ0v) is 19.9. The number of nitrogens with two attached hydrogens (primary N) is 1. The van der Waals surface area contributed by atoms with Gasteiger partial charge in [0.05, 0.1) is 29.0 Å². The summed E-state index contributed by atoms with van der Waals surface area (Å²) in [7, 11) is 1.45. The van der Waals surface area contributed by atoms with Gasteiger partial charge in [-0.05, 0) is 42.9 Å². The van der Waals surface area contributed by atoms with E-state index in [4.69, 9.17) is 44.3 Å². The van der Waals surface area contributed by atoms with E-state index in [1.54, 1.807) is 12.1 Å². The molecule has 1 fully saturated rings. The van der Waals surface area contributed by atoms with Crippen molar-refractivity contribution in [3.8, 4) is 11.8 Å². The third kappa shape index (κ3) is 5.91. The first kappa shape index (κ1) is 25.0. The smallest absolute Gasteiger partial charge is 0.213 e. The first-order chi connectivity index (χ1) is 14.4. The van der Waals surface area contributed by atoms with E-state index in [1.807, 2.05) is 12.1 Å². The Hall–Kier alpha value is -2.27. The van der Waals surface area contributed by atoms with Crippen molar-refractivity contribution in [3.05, 3.63) is 58.1 Å². The molecule has 2 aromatic rings. The minimum absolute atomic E-state index is 0.136. The monoisotopic (exact) mass is 463 g/mol. The number of nitriles is 1. The van der Waals surface area contributed by atoms with Crippen LogP contribution in [0.1, 0.15) is 50.9 Å². The van der Waals surface area contributed by atoms with Crippen molar-refractivity contribution >= 4 is 28.9 Å². The van der Waals surface area contributed by atoms with E-state index in [1.165, 1.54) is 19.2 Å². The van der Waals surface area contributed by atoms with Crippen LogP contribution in [0.5, 0.6) is 5.75 Å². The zero-order chi connectivity index (χ0) is 23.4. The number of hydrogen-bond donors (Lipinski definition) is 1. The number of halogens is 2. The number of methoxy groups -OCH3 is 1. The van der Waals surface area contributed by atoms with Crippen molar-refractivity contribution in [1.82, 2.24) is 4.98 Å². The number of thiocarbonyl (C=S) groups is 1. The van der Waals surface area contributed by atoms with Crippen LogP contribution in [0, 0.1) is 28.1 Å². The van der Waals surface area contributed by atoms with Crippen molar-refractivity contribution in [2.45, 2.75) is 46.8 Å². The molecular formula is C23H27ClFN3O2S. The molecular weight excluding hydrogens is 437 g/mol. The lowest BCUT2D eigenvalue weighted by molar-refractivity contribution is -0.133. The fourth-order valence-corrected chi connectivity index (χ4v) is 4.73. The molecule has 0 radical (unpaired) electrons. The van der Waals surface area contributed by atoms with E-state index in [9.17, 15) is 4.39 Å². The molecule has 0 atom stereocenters. The van der Waals surface area contributed by atoms with E-state index in [0.29, 0.717) is 21.8 Å². The lowest BCUT2D eigenvalue weighted by atomic mass is 9.53. The molecule has 1 aliphatic rings. The van der Waals surface area contributed by atoms with Crippen LogP contribution in [0.3, 0.4) is 0 Å². The second kappa shape index (κ2) is 9.90. The number of benzene rings is 1. The fraction of sp³-hybridized carbons (Fsp3) is 0.435. The van der Waals surface area contributed by atoms with Crippen LogP contribution in [-0.4, -0.2) is 23.2 Å². The van der Waals surface area contributed by atoms with Crippen molar-refractivity contribution < 1.29 is 13.9 Å². The maximum atomic E-state index is 12.7. The van der Waals surface area contributed by atoms with Crippen LogP contribution < -0.4 is 10.5 Å². The molecule has 0 spiro atoms. The average molecular weight is 464 g/mol. The van der Waals surface area contributed by atoms with Gasteiger partial charge in [-0.15, -0.1) is 0 Å². The summed E-state index contributed by atoms with van der Waals surface area (Å²) in [6, 6.07) is 10.0. The van der Waals surface area contributed by atoms with Gasteiger partial charge >= 0.3 is 0 Å². The van der Waals surface area contributed by atoms with Crippen molar-refractivity contribution in [2.24, 2.45) is 16.6 Å². The molecule has 1 aromatic heterocycles. The van der Waals surface area contributed by atoms with Crippen LogP contribution in [0.25, 0.3) is 0 Å². The second-order valence-corrected chi connectivity index (χ2v) is 9.51. The van der Waals surface area contributed by atoms with Crippen molar-refractivity contribution in [1.29, 1.82) is 5.26 Å². The molecule has 1 aromatic carbocycles. The SMILES string of the molecule is CC1(C)CC(C)(C)C1Oc1ccc(C#N)c(Cl)c1.COC(=S)c1ccc(F)nc1CN. The topological polar surface area (TPSA) is 81.2 Å². The van der Waals surface area contributed by atoms with E-state index < -0.39 is 5.95 Å². The molecule has 8 heteroatoms. The summed E-state index contributed by atoms with van der Waals surface area (Å²) >= 11 is 10.9. The number of pyridine rings is 1. The summed E-state index contributed by atoms with van der Waals surface area (Å²) in [5.74, 6) is 0.174. The highest BCUT2D eigenvalue weighted by Crippen LogP contribution is 2.55. The maximum absolute atomic E-state index is 12.7. The van der Waals surface area contributed by atoms with Crippen LogP contribution in [0.2, 0.25) is 5.02 Å². The largest absolute Gasteiger partial charge is 0.489 e. The Morgan fingerprint density at radius 1 is 1.29 bits per heavy atom. The fourth-order valence-electron chi connectivity index (χ4n) is 4.33. The zero-order valence-electron chi connectivity index (χ0n) is 18.3. The minimum Gasteiger partial charge on any atom is -0.489 e. The van der Waals surface area contributed by atoms with Gasteiger partial charge in [0.25, 0.3) is 0 Å². The highest BCUT2D eigenvalue weighted by Gasteiger charge is 2.54. The molecule has 0 saturated heterocycles. The molecule has 2 N–H and O–H groups in total. The molecule has 5 nitrogen and oxygen atoms in total. The Morgan fingerprint density at radius 3 is 2.42 bits per heavy atom. The molecule has 3 rings (SSSR count). The Morgan fingerprint density at radius 2 is 1.94 bits per heavy atom. The lowest BCUT2D eigenvalue weighted by Gasteiger charge is -2.56. The van der Waals surface area contributed by atoms with Crippen LogP contribution in [0.4, 0.5) is 4.39 Å². The normalized spacial score (nSPS) is 16.2. The number of aromatic nitrogens is 1. The van der Waals surface area contributed by atoms with Gasteiger partial charge in [0.15, 0.2) is 5.05 Å². The maximum Gasteiger partial charge on any atom is 0.213 e. The highest BCUT2D eigenvalue weighted by molar-refractivity contribution is 7.80. The van der Waals surface area contributed by atoms with Gasteiger partial charge in [-0.1, -0.05) is 39.3 Å². The van der Waals surface area contributed by atoms with Crippen LogP contribution in [-0.2, 0) is 11.3 Å². The van der Waals surface area contributed by atoms with Gasteiger partial charge in [-0.2, -0.15) is 9.65 Å². The van der Waals surface area contributed by atoms with Gasteiger partial charge in [0, 0.05) is 23.4 Å². The summed E-state index contributed by atoms with van der Waals surface area (Å²) in [5, 5.41) is 9.56. The average Bonchev–Trinajstić information content (AvgIpc) is 2.71. The summed E-state index contributed by atoms with van der Waals surface area (Å²) < 4.78 is 23.6. The molecule has 0 amide bonds. The first-order valence-electron chi connectivity index (χ1n) is 9.75. The number of hydrogen-bond acceptors (Lipinski definition) is 6. The quantitative estimate of drug-likeness (QED) is 0.481. The highest BCUT2D eigenvalue weighted by atomic mass is 35.5. The molecule has 166 valence electrons. The van der Waals surface area contributed by atoms with Gasteiger partial charge in [-0.25, -0.2) is 4.98 Å². The summed E-state index contributed by atoms with van der Waals surface area (Å²) in [6.07, 6.45) is 1.32. The molecule has 1 heterocycles. The minimum atomic E-state index is -0.567. The second-order valence-electron chi connectivity index (χ2n) is 8.73. The lowest BCUT2D eigenvalue weighted by Crippen LogP contribution is -2.58. The Balaban J connectivity index is 0.000000233.